The molecule has 0 radical (unpaired) electrons. The molecule has 4 heterocycles. The van der Waals surface area contributed by atoms with Crippen LogP contribution in [0.25, 0.3) is 11.4 Å². The highest BCUT2D eigenvalue weighted by Gasteiger charge is 2.27. The number of furan rings is 1. The van der Waals surface area contributed by atoms with Crippen molar-refractivity contribution in [3.05, 3.63) is 66.6 Å². The van der Waals surface area contributed by atoms with Crippen LogP contribution in [0, 0.1) is 0 Å². The van der Waals surface area contributed by atoms with E-state index >= 15 is 0 Å². The first-order valence-corrected chi connectivity index (χ1v) is 8.37. The Morgan fingerprint density at radius 1 is 1.20 bits per heavy atom. The van der Waals surface area contributed by atoms with E-state index in [4.69, 9.17) is 9.40 Å². The molecule has 1 fully saturated rings. The molecule has 0 aliphatic carbocycles. The van der Waals surface area contributed by atoms with Crippen LogP contribution in [-0.4, -0.2) is 38.8 Å². The molecule has 1 aliphatic heterocycles. The highest BCUT2D eigenvalue weighted by Crippen LogP contribution is 2.27. The maximum atomic E-state index is 12.5. The van der Waals surface area contributed by atoms with Gasteiger partial charge in [0.2, 0.25) is 0 Å². The van der Waals surface area contributed by atoms with Crippen molar-refractivity contribution < 1.29 is 9.21 Å². The third-order valence-corrected chi connectivity index (χ3v) is 4.46. The first-order valence-electron chi connectivity index (χ1n) is 8.37. The number of likely N-dealkylation sites (tertiary alicyclic amines) is 1. The minimum atomic E-state index is -0.0590. The van der Waals surface area contributed by atoms with Gasteiger partial charge in [0.25, 0.3) is 5.91 Å². The molecule has 0 spiro atoms. The van der Waals surface area contributed by atoms with Gasteiger partial charge in [0.1, 0.15) is 0 Å². The van der Waals surface area contributed by atoms with Gasteiger partial charge in [-0.25, -0.2) is 9.97 Å². The number of piperidine rings is 1. The van der Waals surface area contributed by atoms with E-state index in [2.05, 4.69) is 9.97 Å². The summed E-state index contributed by atoms with van der Waals surface area (Å²) in [6.07, 6.45) is 8.74. The number of carbonyl (C=O) groups is 1. The van der Waals surface area contributed by atoms with Crippen molar-refractivity contribution in [2.45, 2.75) is 18.8 Å². The van der Waals surface area contributed by atoms with E-state index in [0.29, 0.717) is 18.1 Å². The minimum Gasteiger partial charge on any atom is -0.459 e. The van der Waals surface area contributed by atoms with Gasteiger partial charge in [-0.3, -0.25) is 9.78 Å². The first-order chi connectivity index (χ1) is 12.3. The third-order valence-electron chi connectivity index (χ3n) is 4.46. The Labute approximate surface area is 145 Å². The lowest BCUT2D eigenvalue weighted by atomic mass is 9.94. The predicted molar refractivity (Wildman–Crippen MR) is 91.8 cm³/mol. The second-order valence-corrected chi connectivity index (χ2v) is 6.11. The molecule has 4 rings (SSSR count). The van der Waals surface area contributed by atoms with Crippen molar-refractivity contribution in [2.24, 2.45) is 0 Å². The SMILES string of the molecule is O=C(c1ccco1)N1CCC[C@H](c2ccnc(-c3cccnc3)n2)C1. The van der Waals surface area contributed by atoms with Crippen molar-refractivity contribution in [1.82, 2.24) is 19.9 Å². The molecule has 1 atom stereocenters. The van der Waals surface area contributed by atoms with E-state index in [1.807, 2.05) is 23.1 Å². The normalized spacial score (nSPS) is 17.4. The van der Waals surface area contributed by atoms with E-state index in [1.165, 1.54) is 6.26 Å². The fourth-order valence-electron chi connectivity index (χ4n) is 3.19. The average molecular weight is 334 g/mol. The molecular formula is C19H18N4O2. The Morgan fingerprint density at radius 3 is 2.96 bits per heavy atom. The molecule has 1 amide bonds. The van der Waals surface area contributed by atoms with Crippen molar-refractivity contribution in [3.63, 3.8) is 0 Å². The molecule has 1 saturated heterocycles. The predicted octanol–water partition coefficient (Wildman–Crippen LogP) is 3.15. The Morgan fingerprint density at radius 2 is 2.16 bits per heavy atom. The highest BCUT2D eigenvalue weighted by atomic mass is 16.3. The van der Waals surface area contributed by atoms with Crippen LogP contribution >= 0.6 is 0 Å². The van der Waals surface area contributed by atoms with Crippen molar-refractivity contribution >= 4 is 5.91 Å². The molecule has 25 heavy (non-hydrogen) atoms. The monoisotopic (exact) mass is 334 g/mol. The fraction of sp³-hybridized carbons (Fsp3) is 0.263. The van der Waals surface area contributed by atoms with Gasteiger partial charge in [-0.2, -0.15) is 0 Å². The summed E-state index contributed by atoms with van der Waals surface area (Å²) in [5, 5.41) is 0. The van der Waals surface area contributed by atoms with Crippen LogP contribution in [-0.2, 0) is 0 Å². The number of carbonyl (C=O) groups excluding carboxylic acids is 1. The number of pyridine rings is 1. The summed E-state index contributed by atoms with van der Waals surface area (Å²) in [6.45, 7) is 1.39. The maximum Gasteiger partial charge on any atom is 0.289 e. The van der Waals surface area contributed by atoms with E-state index in [0.717, 1.165) is 30.6 Å². The molecule has 3 aromatic heterocycles. The summed E-state index contributed by atoms with van der Waals surface area (Å²) in [4.78, 5) is 27.6. The molecule has 0 bridgehead atoms. The Hall–Kier alpha value is -3.02. The van der Waals surface area contributed by atoms with Gasteiger partial charge in [-0.1, -0.05) is 0 Å². The van der Waals surface area contributed by atoms with Crippen molar-refractivity contribution in [1.29, 1.82) is 0 Å². The number of hydrogen-bond donors (Lipinski definition) is 0. The quantitative estimate of drug-likeness (QED) is 0.736. The fourth-order valence-corrected chi connectivity index (χ4v) is 3.19. The molecule has 3 aromatic rings. The summed E-state index contributed by atoms with van der Waals surface area (Å²) in [7, 11) is 0. The smallest absolute Gasteiger partial charge is 0.289 e. The van der Waals surface area contributed by atoms with Crippen LogP contribution in [0.3, 0.4) is 0 Å². The summed E-state index contributed by atoms with van der Waals surface area (Å²) in [5.41, 5.74) is 1.86. The number of hydrogen-bond acceptors (Lipinski definition) is 5. The Bertz CT molecular complexity index is 849. The molecule has 0 aromatic carbocycles. The number of rotatable bonds is 3. The molecule has 0 N–H and O–H groups in total. The highest BCUT2D eigenvalue weighted by molar-refractivity contribution is 5.91. The molecule has 0 unspecified atom stereocenters. The molecule has 1 aliphatic rings. The number of aromatic nitrogens is 3. The number of amides is 1. The van der Waals surface area contributed by atoms with Crippen LogP contribution < -0.4 is 0 Å². The molecule has 6 heteroatoms. The maximum absolute atomic E-state index is 12.5. The van der Waals surface area contributed by atoms with Crippen LogP contribution in [0.15, 0.2) is 59.6 Å². The van der Waals surface area contributed by atoms with Crippen LogP contribution in [0.2, 0.25) is 0 Å². The van der Waals surface area contributed by atoms with Crippen molar-refractivity contribution in [2.75, 3.05) is 13.1 Å². The molecule has 6 nitrogen and oxygen atoms in total. The molecular weight excluding hydrogens is 316 g/mol. The van der Waals surface area contributed by atoms with Crippen LogP contribution in [0.5, 0.6) is 0 Å². The largest absolute Gasteiger partial charge is 0.459 e. The third kappa shape index (κ3) is 3.28. The van der Waals surface area contributed by atoms with Gasteiger partial charge in [0, 0.05) is 48.9 Å². The first kappa shape index (κ1) is 15.5. The topological polar surface area (TPSA) is 72.1 Å². The molecule has 0 saturated carbocycles. The lowest BCUT2D eigenvalue weighted by Crippen LogP contribution is -2.39. The van der Waals surface area contributed by atoms with E-state index in [9.17, 15) is 4.79 Å². The zero-order valence-corrected chi connectivity index (χ0v) is 13.7. The van der Waals surface area contributed by atoms with Gasteiger partial charge >= 0.3 is 0 Å². The molecule has 126 valence electrons. The Balaban J connectivity index is 1.55. The van der Waals surface area contributed by atoms with Gasteiger partial charge in [-0.15, -0.1) is 0 Å². The lowest BCUT2D eigenvalue weighted by Gasteiger charge is -2.32. The number of nitrogens with zero attached hydrogens (tertiary/aromatic N) is 4. The summed E-state index contributed by atoms with van der Waals surface area (Å²) in [6, 6.07) is 9.19. The lowest BCUT2D eigenvalue weighted by molar-refractivity contribution is 0.0673. The second kappa shape index (κ2) is 6.84. The summed E-state index contributed by atoms with van der Waals surface area (Å²) < 4.78 is 5.24. The Kier molecular flexibility index (Phi) is 4.24. The summed E-state index contributed by atoms with van der Waals surface area (Å²) in [5.74, 6) is 1.20. The van der Waals surface area contributed by atoms with E-state index in [1.54, 1.807) is 30.7 Å². The van der Waals surface area contributed by atoms with Crippen LogP contribution in [0.1, 0.15) is 35.0 Å². The van der Waals surface area contributed by atoms with Gasteiger partial charge in [0.15, 0.2) is 11.6 Å². The van der Waals surface area contributed by atoms with Gasteiger partial charge in [-0.05, 0) is 43.2 Å². The zero-order valence-electron chi connectivity index (χ0n) is 13.7. The van der Waals surface area contributed by atoms with Gasteiger partial charge in [0.05, 0.1) is 6.26 Å². The second-order valence-electron chi connectivity index (χ2n) is 6.11. The standard InChI is InChI=1S/C19H18N4O2/c24-19(17-6-3-11-25-17)23-10-2-5-15(13-23)16-7-9-21-18(22-16)14-4-1-8-20-12-14/h1,3-4,6-9,11-12,15H,2,5,10,13H2/t15-/m0/s1. The zero-order chi connectivity index (χ0) is 17.1. The van der Waals surface area contributed by atoms with E-state index in [-0.39, 0.29) is 11.8 Å². The summed E-state index contributed by atoms with van der Waals surface area (Å²) >= 11 is 0. The van der Waals surface area contributed by atoms with Crippen molar-refractivity contribution in [3.8, 4) is 11.4 Å². The average Bonchev–Trinajstić information content (AvgIpc) is 3.23. The minimum absolute atomic E-state index is 0.0590. The van der Waals surface area contributed by atoms with E-state index < -0.39 is 0 Å². The van der Waals surface area contributed by atoms with Gasteiger partial charge < -0.3 is 9.32 Å². The van der Waals surface area contributed by atoms with Crippen LogP contribution in [0.4, 0.5) is 0 Å².